The maximum atomic E-state index is 4.35. The van der Waals surface area contributed by atoms with E-state index in [0.29, 0.717) is 6.04 Å². The van der Waals surface area contributed by atoms with Gasteiger partial charge in [0.2, 0.25) is 0 Å². The number of nitrogens with one attached hydrogen (secondary N) is 3. The Morgan fingerprint density at radius 3 is 2.86 bits per heavy atom. The molecule has 0 aliphatic heterocycles. The molecule has 154 valence electrons. The lowest BCUT2D eigenvalue weighted by Gasteiger charge is -2.24. The Hall–Kier alpha value is -2.38. The van der Waals surface area contributed by atoms with E-state index in [9.17, 15) is 0 Å². The van der Waals surface area contributed by atoms with Crippen LogP contribution in [0.15, 0.2) is 17.5 Å². The molecule has 8 nitrogen and oxygen atoms in total. The number of aromatic nitrogens is 4. The summed E-state index contributed by atoms with van der Waals surface area (Å²) in [6.07, 6.45) is 13.0. The summed E-state index contributed by atoms with van der Waals surface area (Å²) >= 11 is 0. The minimum absolute atomic E-state index is 0.429. The summed E-state index contributed by atoms with van der Waals surface area (Å²) in [6.45, 7) is 3.73. The van der Waals surface area contributed by atoms with Crippen molar-refractivity contribution in [2.24, 2.45) is 18.0 Å². The first-order chi connectivity index (χ1) is 13.7. The summed E-state index contributed by atoms with van der Waals surface area (Å²) in [4.78, 5) is 12.9. The van der Waals surface area contributed by atoms with Gasteiger partial charge in [-0.05, 0) is 25.7 Å². The van der Waals surface area contributed by atoms with Crippen molar-refractivity contribution in [3.63, 3.8) is 0 Å². The Labute approximate surface area is 167 Å². The van der Waals surface area contributed by atoms with E-state index in [1.807, 2.05) is 14.1 Å². The molecule has 1 aliphatic rings. The fourth-order valence-electron chi connectivity index (χ4n) is 3.93. The molecular formula is C20H34N8. The average molecular weight is 387 g/mol. The Kier molecular flexibility index (Phi) is 7.45. The molecule has 28 heavy (non-hydrogen) atoms. The van der Waals surface area contributed by atoms with Gasteiger partial charge in [0.25, 0.3) is 0 Å². The zero-order valence-corrected chi connectivity index (χ0v) is 17.4. The number of fused-ring (bicyclic) bond motifs is 1. The topological polar surface area (TPSA) is 92.1 Å². The van der Waals surface area contributed by atoms with E-state index in [1.54, 1.807) is 17.2 Å². The van der Waals surface area contributed by atoms with Gasteiger partial charge in [-0.15, -0.1) is 0 Å². The number of rotatable bonds is 8. The summed E-state index contributed by atoms with van der Waals surface area (Å²) < 4.78 is 1.75. The van der Waals surface area contributed by atoms with Crippen LogP contribution in [0.1, 0.15) is 51.9 Å². The van der Waals surface area contributed by atoms with Gasteiger partial charge in [-0.25, -0.2) is 9.97 Å². The number of aliphatic imine (C=N–C) groups is 1. The molecule has 0 aromatic carbocycles. The summed E-state index contributed by atoms with van der Waals surface area (Å²) in [7, 11) is 3.70. The first-order valence-electron chi connectivity index (χ1n) is 10.5. The summed E-state index contributed by atoms with van der Waals surface area (Å²) in [5.74, 6) is 2.59. The highest BCUT2D eigenvalue weighted by atomic mass is 15.3. The number of guanidine groups is 1. The summed E-state index contributed by atoms with van der Waals surface area (Å²) in [6, 6.07) is 0.429. The third kappa shape index (κ3) is 5.56. The minimum Gasteiger partial charge on any atom is -0.368 e. The Morgan fingerprint density at radius 2 is 2.07 bits per heavy atom. The lowest BCUT2D eigenvalue weighted by atomic mass is 9.85. The zero-order valence-electron chi connectivity index (χ0n) is 17.4. The van der Waals surface area contributed by atoms with Crippen LogP contribution in [0, 0.1) is 5.92 Å². The molecule has 1 fully saturated rings. The normalized spacial score (nSPS) is 16.9. The molecule has 2 aromatic rings. The first kappa shape index (κ1) is 20.4. The molecule has 0 amide bonds. The average Bonchev–Trinajstić information content (AvgIpc) is 3.11. The number of nitrogens with zero attached hydrogens (tertiary/aromatic N) is 5. The molecule has 1 saturated carbocycles. The third-order valence-corrected chi connectivity index (χ3v) is 5.58. The van der Waals surface area contributed by atoms with Gasteiger partial charge in [0.05, 0.1) is 11.6 Å². The highest BCUT2D eigenvalue weighted by Gasteiger charge is 2.15. The van der Waals surface area contributed by atoms with Crippen LogP contribution in [-0.2, 0) is 7.05 Å². The van der Waals surface area contributed by atoms with Gasteiger partial charge in [-0.2, -0.15) is 5.10 Å². The number of aryl methyl sites for hydroxylation is 1. The van der Waals surface area contributed by atoms with Crippen LogP contribution in [0.5, 0.6) is 0 Å². The molecule has 3 N–H and O–H groups in total. The largest absolute Gasteiger partial charge is 0.368 e. The van der Waals surface area contributed by atoms with Crippen LogP contribution in [0.25, 0.3) is 11.0 Å². The molecule has 8 heteroatoms. The van der Waals surface area contributed by atoms with Gasteiger partial charge in [0.15, 0.2) is 11.6 Å². The fraction of sp³-hybridized carbons (Fsp3) is 0.700. The monoisotopic (exact) mass is 386 g/mol. The molecule has 2 aromatic heterocycles. The van der Waals surface area contributed by atoms with E-state index in [4.69, 9.17) is 0 Å². The maximum Gasteiger partial charge on any atom is 0.191 e. The van der Waals surface area contributed by atoms with Crippen LogP contribution < -0.4 is 16.0 Å². The SMILES string of the molecule is CN=C(NCCNc1ncnc2c1cnn2C)NC(C)CCC1CCCCC1. The van der Waals surface area contributed by atoms with E-state index in [1.165, 1.54) is 44.9 Å². The van der Waals surface area contributed by atoms with Crippen molar-refractivity contribution in [2.75, 3.05) is 25.5 Å². The quantitative estimate of drug-likeness (QED) is 0.367. The Bertz CT molecular complexity index is 763. The van der Waals surface area contributed by atoms with Gasteiger partial charge in [0, 0.05) is 33.2 Å². The van der Waals surface area contributed by atoms with Gasteiger partial charge in [-0.1, -0.05) is 32.1 Å². The molecule has 1 unspecified atom stereocenters. The smallest absolute Gasteiger partial charge is 0.191 e. The minimum atomic E-state index is 0.429. The molecule has 1 atom stereocenters. The van der Waals surface area contributed by atoms with Crippen molar-refractivity contribution in [1.29, 1.82) is 0 Å². The standard InChI is InChI=1S/C20H34N8/c1-15(9-10-16-7-5-4-6-8-16)27-20(21-2)23-12-11-22-18-17-13-26-28(3)19(17)25-14-24-18/h13-16H,4-12H2,1-3H3,(H2,21,23,27)(H,22,24,25). The number of anilines is 1. The second-order valence-corrected chi connectivity index (χ2v) is 7.78. The summed E-state index contributed by atoms with van der Waals surface area (Å²) in [5.41, 5.74) is 0.828. The highest BCUT2D eigenvalue weighted by molar-refractivity contribution is 5.86. The zero-order chi connectivity index (χ0) is 19.8. The van der Waals surface area contributed by atoms with E-state index in [0.717, 1.165) is 41.8 Å². The summed E-state index contributed by atoms with van der Waals surface area (Å²) in [5, 5.41) is 15.4. The molecule has 3 rings (SSSR count). The number of hydrogen-bond acceptors (Lipinski definition) is 5. The molecular weight excluding hydrogens is 352 g/mol. The highest BCUT2D eigenvalue weighted by Crippen LogP contribution is 2.27. The van der Waals surface area contributed by atoms with Gasteiger partial charge < -0.3 is 16.0 Å². The van der Waals surface area contributed by atoms with Crippen LogP contribution >= 0.6 is 0 Å². The van der Waals surface area contributed by atoms with E-state index < -0.39 is 0 Å². The first-order valence-corrected chi connectivity index (χ1v) is 10.5. The van der Waals surface area contributed by atoms with Crippen molar-refractivity contribution < 1.29 is 0 Å². The molecule has 0 radical (unpaired) electrons. The predicted molar refractivity (Wildman–Crippen MR) is 115 cm³/mol. The van der Waals surface area contributed by atoms with E-state index in [-0.39, 0.29) is 0 Å². The van der Waals surface area contributed by atoms with Crippen LogP contribution in [0.4, 0.5) is 5.82 Å². The Balaban J connectivity index is 1.37. The van der Waals surface area contributed by atoms with Crippen molar-refractivity contribution in [2.45, 2.75) is 57.9 Å². The molecule has 2 heterocycles. The second-order valence-electron chi connectivity index (χ2n) is 7.78. The van der Waals surface area contributed by atoms with Crippen LogP contribution in [-0.4, -0.2) is 51.9 Å². The predicted octanol–water partition coefficient (Wildman–Crippen LogP) is 2.69. The molecule has 0 spiro atoms. The van der Waals surface area contributed by atoms with Crippen molar-refractivity contribution in [1.82, 2.24) is 30.4 Å². The molecule has 0 saturated heterocycles. The van der Waals surface area contributed by atoms with Gasteiger partial charge in [0.1, 0.15) is 12.1 Å². The molecule has 1 aliphatic carbocycles. The third-order valence-electron chi connectivity index (χ3n) is 5.58. The van der Waals surface area contributed by atoms with Crippen molar-refractivity contribution in [3.05, 3.63) is 12.5 Å². The fourth-order valence-corrected chi connectivity index (χ4v) is 3.93. The lowest BCUT2D eigenvalue weighted by Crippen LogP contribution is -2.43. The second kappa shape index (κ2) is 10.2. The van der Waals surface area contributed by atoms with E-state index >= 15 is 0 Å². The van der Waals surface area contributed by atoms with E-state index in [2.05, 4.69) is 42.9 Å². The van der Waals surface area contributed by atoms with Crippen LogP contribution in [0.2, 0.25) is 0 Å². The van der Waals surface area contributed by atoms with Gasteiger partial charge in [-0.3, -0.25) is 9.67 Å². The number of hydrogen-bond donors (Lipinski definition) is 3. The van der Waals surface area contributed by atoms with Gasteiger partial charge >= 0.3 is 0 Å². The lowest BCUT2D eigenvalue weighted by molar-refractivity contribution is 0.322. The van der Waals surface area contributed by atoms with Crippen molar-refractivity contribution >= 4 is 22.8 Å². The molecule has 0 bridgehead atoms. The van der Waals surface area contributed by atoms with Crippen LogP contribution in [0.3, 0.4) is 0 Å². The van der Waals surface area contributed by atoms with Crippen molar-refractivity contribution in [3.8, 4) is 0 Å². The Morgan fingerprint density at radius 1 is 1.25 bits per heavy atom. The maximum absolute atomic E-state index is 4.35.